The monoisotopic (exact) mass is 675 g/mol. The maximum atomic E-state index is 7.14. The maximum absolute atomic E-state index is 7.14. The zero-order valence-electron chi connectivity index (χ0n) is 28.0. The van der Waals surface area contributed by atoms with Crippen molar-refractivity contribution in [3.05, 3.63) is 206 Å². The summed E-state index contributed by atoms with van der Waals surface area (Å²) in [4.78, 5) is 2.21. The van der Waals surface area contributed by atoms with Gasteiger partial charge in [0.2, 0.25) is 0 Å². The van der Waals surface area contributed by atoms with Gasteiger partial charge >= 0.3 is 0 Å². The van der Waals surface area contributed by atoms with Crippen LogP contribution in [0.2, 0.25) is 5.02 Å². The van der Waals surface area contributed by atoms with Crippen molar-refractivity contribution in [2.45, 2.75) is 0 Å². The molecule has 0 saturated heterocycles. The molecule has 7 aromatic carbocycles. The molecule has 0 saturated carbocycles. The Bertz CT molecular complexity index is 2410. The minimum Gasteiger partial charge on any atom is -0.453 e. The number of anilines is 3. The summed E-state index contributed by atoms with van der Waals surface area (Å²) in [7, 11) is 0. The standard InChI is InChI=1S/C48H34ClNO/c1-3-11-33(4-2)36-16-20-38(21-17-36)41-25-28-45-47(31-41)51-48-32-42(39-22-18-37(19-23-39)34-12-7-5-8-13-34)26-29-46(48)50(45)44-27-24-40(30-43(44)49)35-14-9-6-10-15-35/h3-32H,1-2H2/b33-11+. The summed E-state index contributed by atoms with van der Waals surface area (Å²) in [5.41, 5.74) is 13.7. The molecule has 0 radical (unpaired) electrons. The van der Waals surface area contributed by atoms with E-state index >= 15 is 0 Å². The molecule has 0 atom stereocenters. The van der Waals surface area contributed by atoms with Crippen molar-refractivity contribution >= 4 is 34.2 Å². The Morgan fingerprint density at radius 3 is 1.37 bits per heavy atom. The predicted molar refractivity (Wildman–Crippen MR) is 216 cm³/mol. The number of benzene rings is 7. The lowest BCUT2D eigenvalue weighted by Gasteiger charge is -2.34. The Balaban J connectivity index is 1.20. The number of allylic oxidation sites excluding steroid dienone is 4. The molecule has 2 nitrogen and oxygen atoms in total. The topological polar surface area (TPSA) is 12.5 Å². The van der Waals surface area contributed by atoms with E-state index in [1.807, 2.05) is 42.5 Å². The second kappa shape index (κ2) is 13.9. The first-order valence-electron chi connectivity index (χ1n) is 16.9. The fraction of sp³-hybridized carbons (Fsp3) is 0. The first-order chi connectivity index (χ1) is 25.1. The molecule has 0 N–H and O–H groups in total. The molecule has 0 bridgehead atoms. The fourth-order valence-corrected chi connectivity index (χ4v) is 6.94. The van der Waals surface area contributed by atoms with Crippen LogP contribution in [0.3, 0.4) is 0 Å². The third-order valence-corrected chi connectivity index (χ3v) is 9.61. The highest BCUT2D eigenvalue weighted by molar-refractivity contribution is 6.34. The van der Waals surface area contributed by atoms with Crippen molar-refractivity contribution in [2.24, 2.45) is 0 Å². The van der Waals surface area contributed by atoms with Gasteiger partial charge in [0.1, 0.15) is 0 Å². The molecule has 8 rings (SSSR count). The average molecular weight is 676 g/mol. The largest absolute Gasteiger partial charge is 0.453 e. The van der Waals surface area contributed by atoms with Gasteiger partial charge in [-0.2, -0.15) is 0 Å². The Morgan fingerprint density at radius 2 is 0.882 bits per heavy atom. The molecule has 1 aliphatic heterocycles. The predicted octanol–water partition coefficient (Wildman–Crippen LogP) is 14.3. The molecule has 3 heteroatoms. The molecule has 51 heavy (non-hydrogen) atoms. The molecule has 0 unspecified atom stereocenters. The molecule has 0 fully saturated rings. The normalized spacial score (nSPS) is 12.0. The highest BCUT2D eigenvalue weighted by atomic mass is 35.5. The zero-order chi connectivity index (χ0) is 34.7. The summed E-state index contributed by atoms with van der Waals surface area (Å²) in [6.07, 6.45) is 5.59. The van der Waals surface area contributed by atoms with Crippen LogP contribution in [0.25, 0.3) is 50.1 Å². The lowest BCUT2D eigenvalue weighted by molar-refractivity contribution is 0.477. The van der Waals surface area contributed by atoms with Crippen LogP contribution in [0.5, 0.6) is 11.5 Å². The number of halogens is 1. The van der Waals surface area contributed by atoms with Crippen LogP contribution >= 0.6 is 11.6 Å². The Kier molecular flexibility index (Phi) is 8.68. The van der Waals surface area contributed by atoms with Crippen LogP contribution in [-0.4, -0.2) is 0 Å². The van der Waals surface area contributed by atoms with Gasteiger partial charge in [-0.1, -0.05) is 170 Å². The fourth-order valence-electron chi connectivity index (χ4n) is 6.68. The van der Waals surface area contributed by atoms with E-state index in [2.05, 4.69) is 152 Å². The van der Waals surface area contributed by atoms with Gasteiger partial charge < -0.3 is 9.64 Å². The van der Waals surface area contributed by atoms with E-state index in [9.17, 15) is 0 Å². The minimum absolute atomic E-state index is 0.654. The first kappa shape index (κ1) is 31.9. The summed E-state index contributed by atoms with van der Waals surface area (Å²) in [5.74, 6) is 1.51. The van der Waals surface area contributed by atoms with Gasteiger partial charge in [-0.15, -0.1) is 0 Å². The molecule has 1 heterocycles. The van der Waals surface area contributed by atoms with Crippen molar-refractivity contribution in [3.63, 3.8) is 0 Å². The van der Waals surface area contributed by atoms with Gasteiger partial charge in [0.15, 0.2) is 11.5 Å². The van der Waals surface area contributed by atoms with E-state index in [4.69, 9.17) is 16.3 Å². The van der Waals surface area contributed by atoms with E-state index in [1.165, 1.54) is 11.1 Å². The number of fused-ring (bicyclic) bond motifs is 2. The van der Waals surface area contributed by atoms with Crippen LogP contribution in [0.4, 0.5) is 17.1 Å². The van der Waals surface area contributed by atoms with Crippen molar-refractivity contribution in [1.29, 1.82) is 0 Å². The van der Waals surface area contributed by atoms with E-state index in [0.29, 0.717) is 5.02 Å². The van der Waals surface area contributed by atoms with Gasteiger partial charge in [0, 0.05) is 0 Å². The Labute approximate surface area is 304 Å². The molecule has 7 aromatic rings. The summed E-state index contributed by atoms with van der Waals surface area (Å²) in [6, 6.07) is 56.9. The Hall–Kier alpha value is -6.35. The molecular formula is C48H34ClNO. The lowest BCUT2D eigenvalue weighted by Crippen LogP contribution is -2.16. The molecule has 0 aromatic heterocycles. The molecule has 0 amide bonds. The van der Waals surface area contributed by atoms with Crippen LogP contribution < -0.4 is 9.64 Å². The van der Waals surface area contributed by atoms with E-state index in [0.717, 1.165) is 73.1 Å². The van der Waals surface area contributed by atoms with Gasteiger partial charge in [0.25, 0.3) is 0 Å². The van der Waals surface area contributed by atoms with Crippen molar-refractivity contribution in [3.8, 4) is 56.0 Å². The third-order valence-electron chi connectivity index (χ3n) is 9.31. The third kappa shape index (κ3) is 6.30. The molecule has 1 aliphatic rings. The molecule has 0 aliphatic carbocycles. The highest BCUT2D eigenvalue weighted by Crippen LogP contribution is 2.53. The van der Waals surface area contributed by atoms with Crippen LogP contribution in [0.15, 0.2) is 195 Å². The summed E-state index contributed by atoms with van der Waals surface area (Å²) >= 11 is 7.14. The van der Waals surface area contributed by atoms with Crippen molar-refractivity contribution < 1.29 is 4.74 Å². The minimum atomic E-state index is 0.654. The van der Waals surface area contributed by atoms with Crippen LogP contribution in [0, 0.1) is 0 Å². The van der Waals surface area contributed by atoms with E-state index < -0.39 is 0 Å². The van der Waals surface area contributed by atoms with Crippen molar-refractivity contribution in [2.75, 3.05) is 4.90 Å². The first-order valence-corrected chi connectivity index (χ1v) is 17.3. The van der Waals surface area contributed by atoms with E-state index in [1.54, 1.807) is 6.08 Å². The lowest BCUT2D eigenvalue weighted by atomic mass is 9.98. The maximum Gasteiger partial charge on any atom is 0.152 e. The quantitative estimate of drug-likeness (QED) is 0.149. The molecule has 0 spiro atoms. The number of rotatable bonds is 8. The number of ether oxygens (including phenoxy) is 1. The second-order valence-electron chi connectivity index (χ2n) is 12.4. The smallest absolute Gasteiger partial charge is 0.152 e. The zero-order valence-corrected chi connectivity index (χ0v) is 28.7. The average Bonchev–Trinajstić information content (AvgIpc) is 3.19. The van der Waals surface area contributed by atoms with Gasteiger partial charge in [0.05, 0.1) is 22.1 Å². The van der Waals surface area contributed by atoms with Crippen LogP contribution in [0.1, 0.15) is 5.56 Å². The summed E-state index contributed by atoms with van der Waals surface area (Å²) in [6.45, 7) is 7.79. The molecular weight excluding hydrogens is 642 g/mol. The second-order valence-corrected chi connectivity index (χ2v) is 12.8. The highest BCUT2D eigenvalue weighted by Gasteiger charge is 2.28. The number of hydrogen-bond donors (Lipinski definition) is 0. The Morgan fingerprint density at radius 1 is 0.471 bits per heavy atom. The molecule has 244 valence electrons. The van der Waals surface area contributed by atoms with Gasteiger partial charge in [-0.05, 0) is 92.0 Å². The summed E-state index contributed by atoms with van der Waals surface area (Å²) < 4.78 is 6.77. The SMILES string of the molecule is C=C/C=C(\C=C)c1ccc(-c2ccc3c(c2)Oc2cc(-c4ccc(-c5ccccc5)cc4)ccc2N3c2ccc(-c3ccccc3)cc2Cl)cc1. The van der Waals surface area contributed by atoms with E-state index in [-0.39, 0.29) is 0 Å². The summed E-state index contributed by atoms with van der Waals surface area (Å²) in [5, 5.41) is 0.654. The van der Waals surface area contributed by atoms with Crippen LogP contribution in [-0.2, 0) is 0 Å². The van der Waals surface area contributed by atoms with Crippen molar-refractivity contribution in [1.82, 2.24) is 0 Å². The number of hydrogen-bond acceptors (Lipinski definition) is 2. The van der Waals surface area contributed by atoms with Gasteiger partial charge in [-0.3, -0.25) is 0 Å². The van der Waals surface area contributed by atoms with Gasteiger partial charge in [-0.25, -0.2) is 0 Å². The number of nitrogens with zero attached hydrogens (tertiary/aromatic N) is 1.